The van der Waals surface area contributed by atoms with Gasteiger partial charge in [0.05, 0.1) is 0 Å². The molecule has 21 heavy (non-hydrogen) atoms. The molecular weight excluding hydrogens is 260 g/mol. The summed E-state index contributed by atoms with van der Waals surface area (Å²) in [6.45, 7) is 6.55. The van der Waals surface area contributed by atoms with Crippen LogP contribution in [-0.4, -0.2) is 41.0 Å². The number of benzene rings is 1. The number of rotatable bonds is 5. The molecule has 1 fully saturated rings. The molecule has 1 aromatic carbocycles. The van der Waals surface area contributed by atoms with Gasteiger partial charge in [0.15, 0.2) is 0 Å². The van der Waals surface area contributed by atoms with Gasteiger partial charge in [-0.3, -0.25) is 0 Å². The van der Waals surface area contributed by atoms with Crippen molar-refractivity contribution in [1.29, 1.82) is 0 Å². The van der Waals surface area contributed by atoms with Crippen LogP contribution in [0, 0.1) is 6.92 Å². The number of likely N-dealkylation sites (tertiary alicyclic amines) is 1. The van der Waals surface area contributed by atoms with E-state index in [2.05, 4.69) is 51.4 Å². The van der Waals surface area contributed by atoms with Gasteiger partial charge in [-0.25, -0.2) is 9.97 Å². The number of anilines is 1. The Morgan fingerprint density at radius 3 is 3.00 bits per heavy atom. The van der Waals surface area contributed by atoms with E-state index in [0.29, 0.717) is 5.92 Å². The minimum Gasteiger partial charge on any atom is -0.369 e. The van der Waals surface area contributed by atoms with E-state index >= 15 is 0 Å². The van der Waals surface area contributed by atoms with Crippen molar-refractivity contribution in [2.45, 2.75) is 19.3 Å². The Morgan fingerprint density at radius 2 is 2.19 bits per heavy atom. The molecule has 1 aliphatic rings. The van der Waals surface area contributed by atoms with Crippen LogP contribution in [0.15, 0.2) is 42.9 Å². The summed E-state index contributed by atoms with van der Waals surface area (Å²) in [6, 6.07) is 10.7. The molecule has 3 rings (SSSR count). The van der Waals surface area contributed by atoms with Crippen LogP contribution < -0.4 is 5.32 Å². The average Bonchev–Trinajstić information content (AvgIpc) is 2.97. The normalized spacial score (nSPS) is 18.8. The van der Waals surface area contributed by atoms with Crippen molar-refractivity contribution in [3.05, 3.63) is 54.0 Å². The maximum Gasteiger partial charge on any atom is 0.129 e. The highest BCUT2D eigenvalue weighted by molar-refractivity contribution is 5.32. The molecule has 1 N–H and O–H groups in total. The first-order chi connectivity index (χ1) is 10.3. The molecule has 4 heteroatoms. The van der Waals surface area contributed by atoms with Crippen molar-refractivity contribution in [3.8, 4) is 0 Å². The van der Waals surface area contributed by atoms with Crippen LogP contribution in [0.1, 0.15) is 23.5 Å². The lowest BCUT2D eigenvalue weighted by Crippen LogP contribution is -2.27. The minimum atomic E-state index is 0.685. The number of aromatic nitrogens is 2. The molecule has 2 aromatic rings. The third-order valence-corrected chi connectivity index (χ3v) is 4.22. The predicted octanol–water partition coefficient (Wildman–Crippen LogP) is 2.69. The molecule has 1 atom stereocenters. The lowest BCUT2D eigenvalue weighted by Gasteiger charge is -2.17. The summed E-state index contributed by atoms with van der Waals surface area (Å²) < 4.78 is 0. The van der Waals surface area contributed by atoms with E-state index in [9.17, 15) is 0 Å². The lowest BCUT2D eigenvalue weighted by atomic mass is 9.94. The monoisotopic (exact) mass is 282 g/mol. The molecule has 0 spiro atoms. The van der Waals surface area contributed by atoms with Gasteiger partial charge in [0.1, 0.15) is 12.1 Å². The van der Waals surface area contributed by atoms with Crippen molar-refractivity contribution in [3.63, 3.8) is 0 Å². The standard InChI is InChI=1S/C17H22N4/c1-14-4-2-3-5-16(14)15-7-10-21(12-15)11-9-19-17-6-8-18-13-20-17/h2-6,8,13,15H,7,9-12H2,1H3,(H,18,19,20). The molecule has 0 aliphatic carbocycles. The zero-order valence-electron chi connectivity index (χ0n) is 12.5. The van der Waals surface area contributed by atoms with Crippen LogP contribution >= 0.6 is 0 Å². The summed E-state index contributed by atoms with van der Waals surface area (Å²) >= 11 is 0. The van der Waals surface area contributed by atoms with Gasteiger partial charge in [-0.05, 0) is 43.0 Å². The molecule has 1 aliphatic heterocycles. The van der Waals surface area contributed by atoms with Crippen molar-refractivity contribution in [1.82, 2.24) is 14.9 Å². The summed E-state index contributed by atoms with van der Waals surface area (Å²) in [4.78, 5) is 10.6. The van der Waals surface area contributed by atoms with Crippen molar-refractivity contribution >= 4 is 5.82 Å². The maximum absolute atomic E-state index is 4.18. The molecule has 2 heterocycles. The van der Waals surface area contributed by atoms with Gasteiger partial charge in [-0.15, -0.1) is 0 Å². The molecular formula is C17H22N4. The molecule has 1 saturated heterocycles. The van der Waals surface area contributed by atoms with E-state index in [1.54, 1.807) is 12.5 Å². The lowest BCUT2D eigenvalue weighted by molar-refractivity contribution is 0.347. The first-order valence-electron chi connectivity index (χ1n) is 7.60. The van der Waals surface area contributed by atoms with Crippen LogP contribution in [0.2, 0.25) is 0 Å². The molecule has 0 bridgehead atoms. The smallest absolute Gasteiger partial charge is 0.129 e. The van der Waals surface area contributed by atoms with E-state index in [4.69, 9.17) is 0 Å². The minimum absolute atomic E-state index is 0.685. The highest BCUT2D eigenvalue weighted by atomic mass is 15.2. The average molecular weight is 282 g/mol. The van der Waals surface area contributed by atoms with Gasteiger partial charge in [0.2, 0.25) is 0 Å². The molecule has 0 saturated carbocycles. The zero-order chi connectivity index (χ0) is 14.5. The topological polar surface area (TPSA) is 41.0 Å². The van der Waals surface area contributed by atoms with Crippen LogP contribution in [0.25, 0.3) is 0 Å². The van der Waals surface area contributed by atoms with E-state index in [1.807, 2.05) is 6.07 Å². The Bertz CT molecular complexity index is 570. The summed E-state index contributed by atoms with van der Waals surface area (Å²) in [7, 11) is 0. The van der Waals surface area contributed by atoms with Crippen LogP contribution in [0.5, 0.6) is 0 Å². The SMILES string of the molecule is Cc1ccccc1C1CCN(CCNc2ccncn2)C1. The van der Waals surface area contributed by atoms with Gasteiger partial charge in [-0.2, -0.15) is 0 Å². The van der Waals surface area contributed by atoms with Crippen LogP contribution in [0.4, 0.5) is 5.82 Å². The second-order valence-electron chi connectivity index (χ2n) is 5.66. The van der Waals surface area contributed by atoms with E-state index in [-0.39, 0.29) is 0 Å². The Kier molecular flexibility index (Phi) is 4.46. The Morgan fingerprint density at radius 1 is 1.29 bits per heavy atom. The maximum atomic E-state index is 4.18. The number of nitrogens with zero attached hydrogens (tertiary/aromatic N) is 3. The quantitative estimate of drug-likeness (QED) is 0.915. The van der Waals surface area contributed by atoms with Gasteiger partial charge >= 0.3 is 0 Å². The fourth-order valence-corrected chi connectivity index (χ4v) is 3.07. The molecule has 0 radical (unpaired) electrons. The van der Waals surface area contributed by atoms with Crippen molar-refractivity contribution in [2.75, 3.05) is 31.5 Å². The second kappa shape index (κ2) is 6.68. The van der Waals surface area contributed by atoms with E-state index in [0.717, 1.165) is 25.5 Å². The Labute approximate surface area is 126 Å². The summed E-state index contributed by atoms with van der Waals surface area (Å²) in [6.07, 6.45) is 4.60. The highest BCUT2D eigenvalue weighted by Gasteiger charge is 2.24. The third kappa shape index (κ3) is 3.58. The Balaban J connectivity index is 1.48. The van der Waals surface area contributed by atoms with Crippen molar-refractivity contribution in [2.24, 2.45) is 0 Å². The summed E-state index contributed by atoms with van der Waals surface area (Å²) in [5.41, 5.74) is 2.94. The zero-order valence-corrected chi connectivity index (χ0v) is 12.5. The predicted molar refractivity (Wildman–Crippen MR) is 85.5 cm³/mol. The van der Waals surface area contributed by atoms with E-state index in [1.165, 1.54) is 24.1 Å². The fourth-order valence-electron chi connectivity index (χ4n) is 3.07. The second-order valence-corrected chi connectivity index (χ2v) is 5.66. The highest BCUT2D eigenvalue weighted by Crippen LogP contribution is 2.28. The van der Waals surface area contributed by atoms with Crippen LogP contribution in [0.3, 0.4) is 0 Å². The van der Waals surface area contributed by atoms with Gasteiger partial charge in [-0.1, -0.05) is 24.3 Å². The molecule has 1 unspecified atom stereocenters. The first kappa shape index (κ1) is 14.0. The summed E-state index contributed by atoms with van der Waals surface area (Å²) in [5, 5.41) is 3.34. The third-order valence-electron chi connectivity index (χ3n) is 4.22. The number of aryl methyl sites for hydroxylation is 1. The van der Waals surface area contributed by atoms with Gasteiger partial charge in [0.25, 0.3) is 0 Å². The molecule has 4 nitrogen and oxygen atoms in total. The van der Waals surface area contributed by atoms with Crippen LogP contribution in [-0.2, 0) is 0 Å². The molecule has 0 amide bonds. The van der Waals surface area contributed by atoms with E-state index < -0.39 is 0 Å². The van der Waals surface area contributed by atoms with Crippen molar-refractivity contribution < 1.29 is 0 Å². The largest absolute Gasteiger partial charge is 0.369 e. The molecule has 110 valence electrons. The summed E-state index contributed by atoms with van der Waals surface area (Å²) in [5.74, 6) is 1.59. The molecule has 1 aromatic heterocycles. The number of hydrogen-bond donors (Lipinski definition) is 1. The number of nitrogens with one attached hydrogen (secondary N) is 1. The van der Waals surface area contributed by atoms with Gasteiger partial charge < -0.3 is 10.2 Å². The fraction of sp³-hybridized carbons (Fsp3) is 0.412. The van der Waals surface area contributed by atoms with Gasteiger partial charge in [0, 0.05) is 25.8 Å². The Hall–Kier alpha value is -1.94. The first-order valence-corrected chi connectivity index (χ1v) is 7.60. The number of hydrogen-bond acceptors (Lipinski definition) is 4.